The summed E-state index contributed by atoms with van der Waals surface area (Å²) in [6, 6.07) is 8.38. The standard InChI is InChI=1S/C14H14FN3O2/c1-20-13-6-9(15)2-3-12(13)18-14(19)8-4-10(16)7-11(17)5-8/h2-7H,16-17H2,1H3,(H,18,19). The normalized spacial score (nSPS) is 10.1. The summed E-state index contributed by atoms with van der Waals surface area (Å²) >= 11 is 0. The van der Waals surface area contributed by atoms with Crippen LogP contribution in [0.1, 0.15) is 10.4 Å². The van der Waals surface area contributed by atoms with Crippen molar-refractivity contribution in [3.63, 3.8) is 0 Å². The maximum absolute atomic E-state index is 13.1. The van der Waals surface area contributed by atoms with Gasteiger partial charge in [-0.25, -0.2) is 4.39 Å². The van der Waals surface area contributed by atoms with Crippen LogP contribution in [0, 0.1) is 5.82 Å². The van der Waals surface area contributed by atoms with Gasteiger partial charge in [-0.1, -0.05) is 0 Å². The van der Waals surface area contributed by atoms with Gasteiger partial charge in [-0.05, 0) is 30.3 Å². The van der Waals surface area contributed by atoms with E-state index in [0.717, 1.165) is 0 Å². The molecule has 0 aromatic heterocycles. The first-order chi connectivity index (χ1) is 9.49. The molecule has 2 aromatic carbocycles. The molecule has 2 rings (SSSR count). The lowest BCUT2D eigenvalue weighted by Crippen LogP contribution is -2.13. The smallest absolute Gasteiger partial charge is 0.255 e. The largest absolute Gasteiger partial charge is 0.494 e. The van der Waals surface area contributed by atoms with E-state index in [1.807, 2.05) is 0 Å². The molecule has 0 radical (unpaired) electrons. The monoisotopic (exact) mass is 275 g/mol. The summed E-state index contributed by atoms with van der Waals surface area (Å²) in [5, 5.41) is 2.62. The van der Waals surface area contributed by atoms with Gasteiger partial charge in [0, 0.05) is 23.0 Å². The van der Waals surface area contributed by atoms with Crippen LogP contribution in [0.25, 0.3) is 0 Å². The second-order valence-electron chi connectivity index (χ2n) is 4.19. The molecule has 104 valence electrons. The van der Waals surface area contributed by atoms with E-state index in [4.69, 9.17) is 16.2 Å². The van der Waals surface area contributed by atoms with Crippen molar-refractivity contribution >= 4 is 23.0 Å². The highest BCUT2D eigenvalue weighted by Crippen LogP contribution is 2.26. The quantitative estimate of drug-likeness (QED) is 0.749. The molecule has 0 saturated carbocycles. The van der Waals surface area contributed by atoms with Crippen LogP contribution in [0.15, 0.2) is 36.4 Å². The van der Waals surface area contributed by atoms with E-state index in [1.54, 1.807) is 6.07 Å². The van der Waals surface area contributed by atoms with Crippen LogP contribution in [0.4, 0.5) is 21.5 Å². The van der Waals surface area contributed by atoms with Crippen LogP contribution in [0.5, 0.6) is 5.75 Å². The lowest BCUT2D eigenvalue weighted by molar-refractivity contribution is 0.102. The third-order valence-corrected chi connectivity index (χ3v) is 2.65. The number of anilines is 3. The molecule has 0 heterocycles. The Morgan fingerprint density at radius 1 is 1.15 bits per heavy atom. The molecule has 0 saturated heterocycles. The fourth-order valence-corrected chi connectivity index (χ4v) is 1.77. The zero-order valence-corrected chi connectivity index (χ0v) is 10.8. The molecule has 0 unspecified atom stereocenters. The zero-order valence-electron chi connectivity index (χ0n) is 10.8. The molecule has 5 nitrogen and oxygen atoms in total. The van der Waals surface area contributed by atoms with Crippen molar-refractivity contribution in [3.05, 3.63) is 47.8 Å². The Morgan fingerprint density at radius 3 is 2.40 bits per heavy atom. The third kappa shape index (κ3) is 2.97. The molecule has 0 aliphatic rings. The number of amides is 1. The summed E-state index contributed by atoms with van der Waals surface area (Å²) in [4.78, 5) is 12.1. The van der Waals surface area contributed by atoms with E-state index in [-0.39, 0.29) is 5.75 Å². The first-order valence-corrected chi connectivity index (χ1v) is 5.80. The van der Waals surface area contributed by atoms with Gasteiger partial charge < -0.3 is 21.5 Å². The maximum atomic E-state index is 13.1. The summed E-state index contributed by atoms with van der Waals surface area (Å²) < 4.78 is 18.1. The Bertz CT molecular complexity index is 639. The maximum Gasteiger partial charge on any atom is 0.255 e. The number of rotatable bonds is 3. The van der Waals surface area contributed by atoms with E-state index < -0.39 is 11.7 Å². The molecular formula is C14H14FN3O2. The van der Waals surface area contributed by atoms with E-state index in [0.29, 0.717) is 22.6 Å². The number of ether oxygens (including phenoxy) is 1. The first kappa shape index (κ1) is 13.7. The highest BCUT2D eigenvalue weighted by atomic mass is 19.1. The van der Waals surface area contributed by atoms with E-state index in [1.165, 1.54) is 37.4 Å². The molecule has 0 aliphatic carbocycles. The van der Waals surface area contributed by atoms with E-state index in [9.17, 15) is 9.18 Å². The van der Waals surface area contributed by atoms with Crippen LogP contribution in [0.3, 0.4) is 0 Å². The van der Waals surface area contributed by atoms with Crippen molar-refractivity contribution in [1.29, 1.82) is 0 Å². The van der Waals surface area contributed by atoms with Crippen molar-refractivity contribution in [2.45, 2.75) is 0 Å². The molecule has 0 spiro atoms. The number of benzene rings is 2. The van der Waals surface area contributed by atoms with Gasteiger partial charge in [-0.3, -0.25) is 4.79 Å². The zero-order chi connectivity index (χ0) is 14.7. The van der Waals surface area contributed by atoms with Gasteiger partial charge in [0.2, 0.25) is 0 Å². The van der Waals surface area contributed by atoms with Gasteiger partial charge in [0.15, 0.2) is 0 Å². The van der Waals surface area contributed by atoms with Gasteiger partial charge in [0.25, 0.3) is 5.91 Å². The second-order valence-corrected chi connectivity index (χ2v) is 4.19. The van der Waals surface area contributed by atoms with Crippen LogP contribution < -0.4 is 21.5 Å². The Balaban J connectivity index is 2.27. The number of carbonyl (C=O) groups is 1. The average Bonchev–Trinajstić information content (AvgIpc) is 2.39. The number of nitrogens with two attached hydrogens (primary N) is 2. The van der Waals surface area contributed by atoms with Crippen molar-refractivity contribution in [2.75, 3.05) is 23.9 Å². The fourth-order valence-electron chi connectivity index (χ4n) is 1.77. The molecule has 0 fully saturated rings. The molecular weight excluding hydrogens is 261 g/mol. The summed E-state index contributed by atoms with van der Waals surface area (Å²) in [5.74, 6) is -0.628. The Morgan fingerprint density at radius 2 is 1.80 bits per heavy atom. The van der Waals surface area contributed by atoms with Gasteiger partial charge in [-0.15, -0.1) is 0 Å². The van der Waals surface area contributed by atoms with Crippen LogP contribution in [0.2, 0.25) is 0 Å². The Kier molecular flexibility index (Phi) is 3.74. The van der Waals surface area contributed by atoms with Gasteiger partial charge in [-0.2, -0.15) is 0 Å². The highest BCUT2D eigenvalue weighted by Gasteiger charge is 2.11. The fraction of sp³-hybridized carbons (Fsp3) is 0.0714. The van der Waals surface area contributed by atoms with Crippen LogP contribution >= 0.6 is 0 Å². The van der Waals surface area contributed by atoms with Crippen LogP contribution in [-0.2, 0) is 0 Å². The number of halogens is 1. The van der Waals surface area contributed by atoms with Crippen molar-refractivity contribution in [2.24, 2.45) is 0 Å². The molecule has 0 bridgehead atoms. The lowest BCUT2D eigenvalue weighted by Gasteiger charge is -2.11. The minimum Gasteiger partial charge on any atom is -0.494 e. The van der Waals surface area contributed by atoms with Crippen molar-refractivity contribution in [3.8, 4) is 5.75 Å². The number of nitrogen functional groups attached to an aromatic ring is 2. The summed E-state index contributed by atoms with van der Waals surface area (Å²) in [5.41, 5.74) is 12.7. The average molecular weight is 275 g/mol. The molecule has 20 heavy (non-hydrogen) atoms. The predicted molar refractivity (Wildman–Crippen MR) is 76.2 cm³/mol. The van der Waals surface area contributed by atoms with E-state index >= 15 is 0 Å². The number of hydrogen-bond donors (Lipinski definition) is 3. The lowest BCUT2D eigenvalue weighted by atomic mass is 10.1. The molecule has 2 aromatic rings. The third-order valence-electron chi connectivity index (χ3n) is 2.65. The van der Waals surface area contributed by atoms with Gasteiger partial charge >= 0.3 is 0 Å². The van der Waals surface area contributed by atoms with Crippen molar-refractivity contribution in [1.82, 2.24) is 0 Å². The minimum atomic E-state index is -0.451. The number of hydrogen-bond acceptors (Lipinski definition) is 4. The minimum absolute atomic E-state index is 0.232. The molecule has 6 heteroatoms. The van der Waals surface area contributed by atoms with Gasteiger partial charge in [0.1, 0.15) is 11.6 Å². The predicted octanol–water partition coefficient (Wildman–Crippen LogP) is 2.25. The summed E-state index contributed by atoms with van der Waals surface area (Å²) in [6.45, 7) is 0. The first-order valence-electron chi connectivity index (χ1n) is 5.80. The molecule has 1 amide bonds. The van der Waals surface area contributed by atoms with Crippen LogP contribution in [-0.4, -0.2) is 13.0 Å². The summed E-state index contributed by atoms with van der Waals surface area (Å²) in [7, 11) is 1.39. The SMILES string of the molecule is COc1cc(F)ccc1NC(=O)c1cc(N)cc(N)c1. The topological polar surface area (TPSA) is 90.4 Å². The van der Waals surface area contributed by atoms with Gasteiger partial charge in [0.05, 0.1) is 12.8 Å². The van der Waals surface area contributed by atoms with Crippen molar-refractivity contribution < 1.29 is 13.9 Å². The molecule has 0 atom stereocenters. The second kappa shape index (κ2) is 5.48. The molecule has 0 aliphatic heterocycles. The Hall–Kier alpha value is -2.76. The molecule has 5 N–H and O–H groups in total. The highest BCUT2D eigenvalue weighted by molar-refractivity contribution is 6.06. The Labute approximate surface area is 115 Å². The summed E-state index contributed by atoms with van der Waals surface area (Å²) in [6.07, 6.45) is 0. The number of carbonyl (C=O) groups excluding carboxylic acids is 1. The van der Waals surface area contributed by atoms with E-state index in [2.05, 4.69) is 5.32 Å². The number of nitrogens with one attached hydrogen (secondary N) is 1. The number of methoxy groups -OCH3 is 1.